The van der Waals surface area contributed by atoms with E-state index < -0.39 is 42.5 Å². The normalized spacial score (nSPS) is 23.4. The van der Waals surface area contributed by atoms with Gasteiger partial charge in [0, 0.05) is 5.69 Å². The maximum Gasteiger partial charge on any atom is 0.326 e. The van der Waals surface area contributed by atoms with Crippen LogP contribution in [0.3, 0.4) is 0 Å². The van der Waals surface area contributed by atoms with E-state index in [9.17, 15) is 19.2 Å². The van der Waals surface area contributed by atoms with Crippen LogP contribution in [0.2, 0.25) is 0 Å². The van der Waals surface area contributed by atoms with Gasteiger partial charge in [0.25, 0.3) is 11.8 Å². The Morgan fingerprint density at radius 1 is 1.25 bits per heavy atom. The summed E-state index contributed by atoms with van der Waals surface area (Å²) in [7, 11) is 0. The highest BCUT2D eigenvalue weighted by Gasteiger charge is 2.56. The van der Waals surface area contributed by atoms with Gasteiger partial charge in [0.05, 0.1) is 0 Å². The molecule has 0 aromatic heterocycles. The third kappa shape index (κ3) is 3.46. The van der Waals surface area contributed by atoms with Crippen LogP contribution in [0.1, 0.15) is 37.3 Å². The van der Waals surface area contributed by atoms with Crippen molar-refractivity contribution in [2.45, 2.75) is 44.6 Å². The molecule has 1 saturated carbocycles. The van der Waals surface area contributed by atoms with Gasteiger partial charge in [-0.3, -0.25) is 19.3 Å². The summed E-state index contributed by atoms with van der Waals surface area (Å²) in [4.78, 5) is 49.4. The minimum absolute atomic E-state index is 0.114. The van der Waals surface area contributed by atoms with Crippen molar-refractivity contribution in [2.75, 3.05) is 18.5 Å². The number of hydrogen-bond donors (Lipinski definition) is 2. The molecule has 1 aliphatic heterocycles. The summed E-state index contributed by atoms with van der Waals surface area (Å²) in [5.74, 6) is -1.57. The highest BCUT2D eigenvalue weighted by Crippen LogP contribution is 2.42. The van der Waals surface area contributed by atoms with Crippen molar-refractivity contribution in [2.24, 2.45) is 5.92 Å². The molecule has 4 amide bonds. The van der Waals surface area contributed by atoms with Crippen LogP contribution in [0.5, 0.6) is 0 Å². The van der Waals surface area contributed by atoms with Crippen LogP contribution in [0.4, 0.5) is 10.5 Å². The van der Waals surface area contributed by atoms with E-state index in [-0.39, 0.29) is 5.92 Å². The molecule has 0 bridgehead atoms. The van der Waals surface area contributed by atoms with Crippen LogP contribution in [0.15, 0.2) is 18.2 Å². The number of aryl methyl sites for hydroxylation is 2. The standard InChI is InChI=1S/C20H23N3O5/c1-20(14-6-7-14)18(26)23(19(27)22-20)10-17(25)28-11-16(24)21-15-8-5-12-3-2-4-13(12)9-15/h5,8-9,14H,2-4,6-7,10-11H2,1H3,(H,21,24)(H,22,27)/t20-/m0/s1. The quantitative estimate of drug-likeness (QED) is 0.569. The molecule has 148 valence electrons. The minimum atomic E-state index is -0.942. The molecule has 0 spiro atoms. The third-order valence-corrected chi connectivity index (χ3v) is 5.73. The van der Waals surface area contributed by atoms with E-state index in [1.165, 1.54) is 11.1 Å². The van der Waals surface area contributed by atoms with Gasteiger partial charge in [0.1, 0.15) is 12.1 Å². The maximum absolute atomic E-state index is 12.5. The number of hydrogen-bond acceptors (Lipinski definition) is 5. The molecule has 1 saturated heterocycles. The fourth-order valence-electron chi connectivity index (χ4n) is 3.96. The van der Waals surface area contributed by atoms with Crippen LogP contribution in [-0.4, -0.2) is 47.4 Å². The van der Waals surface area contributed by atoms with Crippen LogP contribution in [-0.2, 0) is 32.0 Å². The summed E-state index contributed by atoms with van der Waals surface area (Å²) < 4.78 is 4.95. The van der Waals surface area contributed by atoms with Crippen LogP contribution in [0, 0.1) is 5.92 Å². The first-order chi connectivity index (χ1) is 13.4. The fraction of sp³-hybridized carbons (Fsp3) is 0.500. The molecule has 0 unspecified atom stereocenters. The molecule has 8 heteroatoms. The summed E-state index contributed by atoms with van der Waals surface area (Å²) in [5.41, 5.74) is 2.25. The molecule has 1 aromatic carbocycles. The Morgan fingerprint density at radius 3 is 2.75 bits per heavy atom. The van der Waals surface area contributed by atoms with Crippen molar-refractivity contribution in [1.29, 1.82) is 0 Å². The Kier molecular flexibility index (Phi) is 4.56. The van der Waals surface area contributed by atoms with E-state index in [2.05, 4.69) is 10.6 Å². The number of anilines is 1. The SMILES string of the molecule is C[C@@]1(C2CC2)NC(=O)N(CC(=O)OCC(=O)Nc2ccc3c(c2)CCC3)C1=O. The monoisotopic (exact) mass is 385 g/mol. The van der Waals surface area contributed by atoms with Crippen molar-refractivity contribution in [3.05, 3.63) is 29.3 Å². The van der Waals surface area contributed by atoms with E-state index in [4.69, 9.17) is 4.74 Å². The predicted molar refractivity (Wildman–Crippen MR) is 99.4 cm³/mol. The molecule has 2 N–H and O–H groups in total. The van der Waals surface area contributed by atoms with E-state index in [1.54, 1.807) is 6.92 Å². The molecule has 2 aliphatic carbocycles. The number of carbonyl (C=O) groups excluding carboxylic acids is 4. The average molecular weight is 385 g/mol. The van der Waals surface area contributed by atoms with Crippen molar-refractivity contribution < 1.29 is 23.9 Å². The van der Waals surface area contributed by atoms with Crippen molar-refractivity contribution >= 4 is 29.5 Å². The number of ether oxygens (including phenoxy) is 1. The zero-order valence-electron chi connectivity index (χ0n) is 15.7. The summed E-state index contributed by atoms with van der Waals surface area (Å²) >= 11 is 0. The number of urea groups is 1. The smallest absolute Gasteiger partial charge is 0.326 e. The molecule has 4 rings (SSSR count). The summed E-state index contributed by atoms with van der Waals surface area (Å²) in [6.45, 7) is 0.707. The lowest BCUT2D eigenvalue weighted by Gasteiger charge is -2.20. The van der Waals surface area contributed by atoms with Gasteiger partial charge < -0.3 is 15.4 Å². The highest BCUT2D eigenvalue weighted by molar-refractivity contribution is 6.09. The molecule has 28 heavy (non-hydrogen) atoms. The third-order valence-electron chi connectivity index (χ3n) is 5.73. The lowest BCUT2D eigenvalue weighted by atomic mass is 9.96. The number of esters is 1. The number of fused-ring (bicyclic) bond motifs is 1. The Labute approximate surface area is 162 Å². The lowest BCUT2D eigenvalue weighted by Crippen LogP contribution is -2.46. The van der Waals surface area contributed by atoms with Gasteiger partial charge in [-0.05, 0) is 68.2 Å². The second-order valence-electron chi connectivity index (χ2n) is 7.84. The molecule has 3 aliphatic rings. The van der Waals surface area contributed by atoms with Gasteiger partial charge in [-0.25, -0.2) is 4.79 Å². The number of imide groups is 1. The molecule has 0 radical (unpaired) electrons. The van der Waals surface area contributed by atoms with Crippen molar-refractivity contribution in [3.63, 3.8) is 0 Å². The Balaban J connectivity index is 1.27. The molecule has 1 aromatic rings. The van der Waals surface area contributed by atoms with Crippen molar-refractivity contribution in [1.82, 2.24) is 10.2 Å². The summed E-state index contributed by atoms with van der Waals surface area (Å²) in [6.07, 6.45) is 4.93. The first-order valence-corrected chi connectivity index (χ1v) is 9.58. The zero-order chi connectivity index (χ0) is 19.9. The summed E-state index contributed by atoms with van der Waals surface area (Å²) in [6, 6.07) is 5.17. The number of nitrogens with one attached hydrogen (secondary N) is 2. The molecule has 8 nitrogen and oxygen atoms in total. The first kappa shape index (κ1) is 18.5. The number of nitrogens with zero attached hydrogens (tertiary/aromatic N) is 1. The topological polar surface area (TPSA) is 105 Å². The maximum atomic E-state index is 12.5. The first-order valence-electron chi connectivity index (χ1n) is 9.58. The van der Waals surface area contributed by atoms with Gasteiger partial charge in [-0.2, -0.15) is 0 Å². The Morgan fingerprint density at radius 2 is 2.00 bits per heavy atom. The molecule has 1 heterocycles. The Bertz CT molecular complexity index is 863. The van der Waals surface area contributed by atoms with Crippen LogP contribution in [0.25, 0.3) is 0 Å². The number of rotatable bonds is 6. The minimum Gasteiger partial charge on any atom is -0.454 e. The van der Waals surface area contributed by atoms with Crippen LogP contribution >= 0.6 is 0 Å². The van der Waals surface area contributed by atoms with Gasteiger partial charge in [0.2, 0.25) is 0 Å². The molecule has 2 fully saturated rings. The van der Waals surface area contributed by atoms with Gasteiger partial charge in [-0.15, -0.1) is 0 Å². The summed E-state index contributed by atoms with van der Waals surface area (Å²) in [5, 5.41) is 5.36. The van der Waals surface area contributed by atoms with Gasteiger partial charge in [-0.1, -0.05) is 6.07 Å². The molecular weight excluding hydrogens is 362 g/mol. The van der Waals surface area contributed by atoms with Crippen LogP contribution < -0.4 is 10.6 Å². The zero-order valence-corrected chi connectivity index (χ0v) is 15.7. The van der Waals surface area contributed by atoms with Gasteiger partial charge >= 0.3 is 12.0 Å². The lowest BCUT2D eigenvalue weighted by molar-refractivity contribution is -0.150. The van der Waals surface area contributed by atoms with E-state index in [1.807, 2.05) is 18.2 Å². The second kappa shape index (κ2) is 6.92. The number of benzene rings is 1. The van der Waals surface area contributed by atoms with Crippen molar-refractivity contribution in [3.8, 4) is 0 Å². The largest absolute Gasteiger partial charge is 0.454 e. The average Bonchev–Trinajstić information content (AvgIpc) is 3.38. The highest BCUT2D eigenvalue weighted by atomic mass is 16.5. The number of amides is 4. The Hall–Kier alpha value is -2.90. The van der Waals surface area contributed by atoms with Gasteiger partial charge in [0.15, 0.2) is 6.61 Å². The molecular formula is C20H23N3O5. The second-order valence-corrected chi connectivity index (χ2v) is 7.84. The van der Waals surface area contributed by atoms with E-state index >= 15 is 0 Å². The number of carbonyl (C=O) groups is 4. The fourth-order valence-corrected chi connectivity index (χ4v) is 3.96. The predicted octanol–water partition coefficient (Wildman–Crippen LogP) is 1.38. The van der Waals surface area contributed by atoms with E-state index in [0.717, 1.165) is 37.0 Å². The molecule has 1 atom stereocenters. The van der Waals surface area contributed by atoms with E-state index in [0.29, 0.717) is 5.69 Å².